The maximum atomic E-state index is 13.3. The molecule has 2 aliphatic heterocycles. The van der Waals surface area contributed by atoms with Crippen molar-refractivity contribution in [3.8, 4) is 0 Å². The second-order valence-electron chi connectivity index (χ2n) is 23.3. The molecule has 2 saturated heterocycles. The number of carbonyl (C=O) groups is 1. The molecule has 76 heavy (non-hydrogen) atoms. The average molecular weight is 1090 g/mol. The third-order valence-electron chi connectivity index (χ3n) is 16.3. The number of unbranched alkanes of at least 4 members (excludes halogenated alkanes) is 40. The van der Waals surface area contributed by atoms with Gasteiger partial charge in [0.2, 0.25) is 5.91 Å². The van der Waals surface area contributed by atoms with Gasteiger partial charge in [0.15, 0.2) is 12.6 Å². The molecule has 1 amide bonds. The summed E-state index contributed by atoms with van der Waals surface area (Å²) in [4.78, 5) is 13.3. The predicted molar refractivity (Wildman–Crippen MR) is 305 cm³/mol. The van der Waals surface area contributed by atoms with Gasteiger partial charge in [-0.3, -0.25) is 4.79 Å². The molecule has 0 spiro atoms. The highest BCUT2D eigenvalue weighted by molar-refractivity contribution is 5.76. The number of amides is 1. The van der Waals surface area contributed by atoms with Gasteiger partial charge in [-0.2, -0.15) is 0 Å². The minimum atomic E-state index is -1.78. The van der Waals surface area contributed by atoms with Crippen LogP contribution in [0.15, 0.2) is 0 Å². The largest absolute Gasteiger partial charge is 0.394 e. The molecule has 2 heterocycles. The molecular formula is C62H121NO13. The molecule has 0 radical (unpaired) electrons. The normalized spacial score (nSPS) is 24.8. The zero-order valence-electron chi connectivity index (χ0n) is 48.8. The first-order valence-corrected chi connectivity index (χ1v) is 32.3. The van der Waals surface area contributed by atoms with E-state index >= 15 is 0 Å². The third kappa shape index (κ3) is 33.7. The van der Waals surface area contributed by atoms with Crippen LogP contribution in [0, 0.1) is 0 Å². The van der Waals surface area contributed by atoms with E-state index in [-0.39, 0.29) is 12.5 Å². The fourth-order valence-electron chi connectivity index (χ4n) is 11.1. The summed E-state index contributed by atoms with van der Waals surface area (Å²) in [7, 11) is 0. The SMILES string of the molecule is CCCCCCCCCCCCCCCCCCCCCCCCCC(=O)NC(COC1OC(CO)C(OC2OC(CO)C(O)C(O)C2O)C(O)C1O)C(O)CCCCCCCCCCCCCCCCCCCCC. The summed E-state index contributed by atoms with van der Waals surface area (Å²) in [6.45, 7) is 2.91. The van der Waals surface area contributed by atoms with E-state index in [0.717, 1.165) is 51.4 Å². The van der Waals surface area contributed by atoms with Gasteiger partial charge in [0.05, 0.1) is 32.0 Å². The van der Waals surface area contributed by atoms with Crippen LogP contribution in [0.4, 0.5) is 0 Å². The third-order valence-corrected chi connectivity index (χ3v) is 16.3. The fourth-order valence-corrected chi connectivity index (χ4v) is 11.1. The van der Waals surface area contributed by atoms with Crippen LogP contribution < -0.4 is 5.32 Å². The van der Waals surface area contributed by atoms with E-state index in [2.05, 4.69) is 19.2 Å². The van der Waals surface area contributed by atoms with Gasteiger partial charge in [0, 0.05) is 6.42 Å². The Morgan fingerprint density at radius 3 is 1.12 bits per heavy atom. The van der Waals surface area contributed by atoms with Crippen LogP contribution in [-0.2, 0) is 23.7 Å². The minimum Gasteiger partial charge on any atom is -0.394 e. The number of aliphatic hydroxyl groups is 8. The molecular weight excluding hydrogens is 967 g/mol. The molecule has 14 heteroatoms. The average Bonchev–Trinajstić information content (AvgIpc) is 3.42. The Morgan fingerprint density at radius 1 is 0.421 bits per heavy atom. The zero-order chi connectivity index (χ0) is 55.3. The molecule has 2 fully saturated rings. The number of ether oxygens (including phenoxy) is 4. The molecule has 0 saturated carbocycles. The van der Waals surface area contributed by atoms with Crippen molar-refractivity contribution in [2.45, 2.75) is 370 Å². The maximum Gasteiger partial charge on any atom is 0.220 e. The first-order chi connectivity index (χ1) is 37.1. The van der Waals surface area contributed by atoms with Crippen LogP contribution in [0.2, 0.25) is 0 Å². The summed E-state index contributed by atoms with van der Waals surface area (Å²) in [5.74, 6) is -0.198. The Morgan fingerprint density at radius 2 is 0.750 bits per heavy atom. The molecule has 12 atom stereocenters. The van der Waals surface area contributed by atoms with Crippen LogP contribution >= 0.6 is 0 Å². The quantitative estimate of drug-likeness (QED) is 0.0259. The lowest BCUT2D eigenvalue weighted by molar-refractivity contribution is -0.359. The monoisotopic (exact) mass is 1090 g/mol. The Hall–Kier alpha value is -1.01. The summed E-state index contributed by atoms with van der Waals surface area (Å²) >= 11 is 0. The van der Waals surface area contributed by atoms with E-state index in [1.54, 1.807) is 0 Å². The molecule has 2 rings (SSSR count). The van der Waals surface area contributed by atoms with Crippen molar-refractivity contribution < 1.29 is 64.6 Å². The van der Waals surface area contributed by atoms with Crippen molar-refractivity contribution in [1.82, 2.24) is 5.32 Å². The van der Waals surface area contributed by atoms with Crippen LogP contribution in [0.5, 0.6) is 0 Å². The van der Waals surface area contributed by atoms with Crippen molar-refractivity contribution in [3.63, 3.8) is 0 Å². The molecule has 452 valence electrons. The molecule has 0 bridgehead atoms. The standard InChI is InChI=1S/C62H121NO13/c1-3-5-7-9-11-13-15-17-19-21-23-24-25-26-28-30-32-34-36-38-40-42-44-46-54(67)63-50(51(66)45-43-41-39-37-35-33-31-29-27-22-20-18-16-14-12-10-8-6-4-2)49-73-61-59(72)57(70)60(53(48-65)75-61)76-62-58(71)56(69)55(68)52(47-64)74-62/h50-53,55-62,64-66,68-72H,3-49H2,1-2H3,(H,63,67). The number of nitrogens with one attached hydrogen (secondary N) is 1. The van der Waals surface area contributed by atoms with Gasteiger partial charge in [0.25, 0.3) is 0 Å². The van der Waals surface area contributed by atoms with E-state index < -0.39 is 86.8 Å². The Bertz CT molecular complexity index is 1280. The Kier molecular flexibility index (Phi) is 45.5. The van der Waals surface area contributed by atoms with E-state index in [4.69, 9.17) is 18.9 Å². The molecule has 0 aromatic heterocycles. The maximum absolute atomic E-state index is 13.3. The van der Waals surface area contributed by atoms with Crippen molar-refractivity contribution >= 4 is 5.91 Å². The predicted octanol–water partition coefficient (Wildman–Crippen LogP) is 11.7. The topological polar surface area (TPSA) is 228 Å². The van der Waals surface area contributed by atoms with Crippen molar-refractivity contribution in [1.29, 1.82) is 0 Å². The second-order valence-corrected chi connectivity index (χ2v) is 23.3. The van der Waals surface area contributed by atoms with Gasteiger partial charge in [0.1, 0.15) is 48.8 Å². The van der Waals surface area contributed by atoms with E-state index in [0.29, 0.717) is 12.8 Å². The number of rotatable bonds is 53. The number of carbonyl (C=O) groups excluding carboxylic acids is 1. The molecule has 0 aromatic carbocycles. The number of aliphatic hydroxyl groups excluding tert-OH is 8. The van der Waals surface area contributed by atoms with E-state index in [1.165, 1.54) is 218 Å². The minimum absolute atomic E-state index is 0.198. The van der Waals surface area contributed by atoms with Crippen LogP contribution in [0.25, 0.3) is 0 Å². The highest BCUT2D eigenvalue weighted by atomic mass is 16.7. The first-order valence-electron chi connectivity index (χ1n) is 32.3. The molecule has 0 aromatic rings. The van der Waals surface area contributed by atoms with E-state index in [1.807, 2.05) is 0 Å². The van der Waals surface area contributed by atoms with Gasteiger partial charge in [-0.1, -0.05) is 277 Å². The summed E-state index contributed by atoms with van der Waals surface area (Å²) in [6, 6.07) is -0.823. The second kappa shape index (κ2) is 48.7. The van der Waals surface area contributed by atoms with Crippen molar-refractivity contribution in [2.75, 3.05) is 19.8 Å². The fraction of sp³-hybridized carbons (Fsp3) is 0.984. The van der Waals surface area contributed by atoms with Crippen molar-refractivity contribution in [2.24, 2.45) is 0 Å². The molecule has 14 nitrogen and oxygen atoms in total. The lowest BCUT2D eigenvalue weighted by Gasteiger charge is -2.46. The zero-order valence-corrected chi connectivity index (χ0v) is 48.8. The van der Waals surface area contributed by atoms with E-state index in [9.17, 15) is 45.6 Å². The smallest absolute Gasteiger partial charge is 0.220 e. The van der Waals surface area contributed by atoms with Gasteiger partial charge in [-0.25, -0.2) is 0 Å². The summed E-state index contributed by atoms with van der Waals surface area (Å²) in [5.41, 5.74) is 0. The molecule has 9 N–H and O–H groups in total. The van der Waals surface area contributed by atoms with Gasteiger partial charge < -0.3 is 65.1 Å². The van der Waals surface area contributed by atoms with Gasteiger partial charge in [-0.15, -0.1) is 0 Å². The summed E-state index contributed by atoms with van der Waals surface area (Å²) in [5, 5.41) is 87.4. The van der Waals surface area contributed by atoms with Crippen molar-refractivity contribution in [3.05, 3.63) is 0 Å². The van der Waals surface area contributed by atoms with Crippen LogP contribution in [0.3, 0.4) is 0 Å². The highest BCUT2D eigenvalue weighted by Crippen LogP contribution is 2.30. The lowest BCUT2D eigenvalue weighted by atomic mass is 9.97. The molecule has 0 aliphatic carbocycles. The molecule has 2 aliphatic rings. The van der Waals surface area contributed by atoms with Gasteiger partial charge in [-0.05, 0) is 12.8 Å². The highest BCUT2D eigenvalue weighted by Gasteiger charge is 2.51. The number of hydrogen-bond donors (Lipinski definition) is 9. The van der Waals surface area contributed by atoms with Crippen LogP contribution in [0.1, 0.15) is 296 Å². The first kappa shape index (κ1) is 71.1. The Labute approximate surface area is 464 Å². The summed E-state index contributed by atoms with van der Waals surface area (Å²) < 4.78 is 22.9. The lowest BCUT2D eigenvalue weighted by Crippen LogP contribution is -2.65. The number of hydrogen-bond acceptors (Lipinski definition) is 13. The summed E-state index contributed by atoms with van der Waals surface area (Å²) in [6.07, 6.45) is 38.2. The van der Waals surface area contributed by atoms with Crippen LogP contribution in [-0.4, -0.2) is 140 Å². The molecule has 12 unspecified atom stereocenters. The Balaban J connectivity index is 1.71. The van der Waals surface area contributed by atoms with Gasteiger partial charge >= 0.3 is 0 Å².